The molecule has 0 N–H and O–H groups in total. The highest BCUT2D eigenvalue weighted by atomic mass is 19.4. The average Bonchev–Trinajstić information content (AvgIpc) is 2.78. The lowest BCUT2D eigenvalue weighted by molar-refractivity contribution is -0.137. The van der Waals surface area contributed by atoms with Crippen molar-refractivity contribution >= 4 is 5.69 Å². The van der Waals surface area contributed by atoms with Crippen LogP contribution in [0, 0.1) is 0 Å². The fourth-order valence-electron chi connectivity index (χ4n) is 4.25. The van der Waals surface area contributed by atoms with E-state index < -0.39 is 11.7 Å². The highest BCUT2D eigenvalue weighted by molar-refractivity contribution is 5.73. The van der Waals surface area contributed by atoms with Crippen LogP contribution in [0.3, 0.4) is 0 Å². The minimum absolute atomic E-state index is 0.0611. The van der Waals surface area contributed by atoms with E-state index in [9.17, 15) is 13.2 Å². The number of hydrogen-bond acceptors (Lipinski definition) is 2. The molecule has 5 heteroatoms. The van der Waals surface area contributed by atoms with Gasteiger partial charge in [0.15, 0.2) is 0 Å². The second-order valence-corrected chi connectivity index (χ2v) is 9.35. The molecule has 0 saturated carbocycles. The third kappa shape index (κ3) is 4.99. The van der Waals surface area contributed by atoms with E-state index in [1.807, 2.05) is 60.7 Å². The van der Waals surface area contributed by atoms with E-state index in [2.05, 4.69) is 30.6 Å². The van der Waals surface area contributed by atoms with E-state index >= 15 is 0 Å². The zero-order chi connectivity index (χ0) is 22.9. The van der Waals surface area contributed by atoms with Crippen molar-refractivity contribution in [2.75, 3.05) is 31.1 Å². The minimum atomic E-state index is -4.39. The van der Waals surface area contributed by atoms with Gasteiger partial charge in [0, 0.05) is 37.4 Å². The zero-order valence-corrected chi connectivity index (χ0v) is 18.8. The predicted octanol–water partition coefficient (Wildman–Crippen LogP) is 6.96. The molecule has 3 aromatic carbocycles. The van der Waals surface area contributed by atoms with Crippen LogP contribution in [0.5, 0.6) is 0 Å². The molecule has 32 heavy (non-hydrogen) atoms. The Balaban J connectivity index is 1.64. The Labute approximate surface area is 188 Å². The Bertz CT molecular complexity index is 1040. The van der Waals surface area contributed by atoms with Crippen LogP contribution in [-0.4, -0.2) is 36.6 Å². The molecule has 1 saturated heterocycles. The van der Waals surface area contributed by atoms with Crippen LogP contribution in [0.25, 0.3) is 22.3 Å². The molecule has 0 unspecified atom stereocenters. The number of piperazine rings is 1. The van der Waals surface area contributed by atoms with Gasteiger partial charge in [-0.3, -0.25) is 4.90 Å². The molecule has 4 rings (SSSR count). The fourth-order valence-corrected chi connectivity index (χ4v) is 4.25. The molecular weight excluding hydrogens is 409 g/mol. The molecule has 1 aliphatic heterocycles. The van der Waals surface area contributed by atoms with Crippen molar-refractivity contribution in [2.45, 2.75) is 32.5 Å². The predicted molar refractivity (Wildman–Crippen MR) is 126 cm³/mol. The molecule has 1 aliphatic rings. The normalized spacial score (nSPS) is 15.8. The van der Waals surface area contributed by atoms with Gasteiger partial charge in [0.05, 0.1) is 5.56 Å². The van der Waals surface area contributed by atoms with Gasteiger partial charge in [0.25, 0.3) is 0 Å². The Morgan fingerprint density at radius 1 is 0.625 bits per heavy atom. The molecule has 0 bridgehead atoms. The standard InChI is InChI=1S/C27H29F3N2/c1-26(2,3)32-15-13-31(14-16-32)25-18-23(17-24(19-25)27(28,29)30)22-11-9-21(10-12-22)20-7-5-4-6-8-20/h4-12,17-19H,13-16H2,1-3H3. The molecule has 1 heterocycles. The first-order chi connectivity index (χ1) is 15.1. The summed E-state index contributed by atoms with van der Waals surface area (Å²) in [5, 5.41) is 0. The molecule has 168 valence electrons. The molecule has 0 atom stereocenters. The van der Waals surface area contributed by atoms with Crippen molar-refractivity contribution in [3.63, 3.8) is 0 Å². The van der Waals surface area contributed by atoms with E-state index in [1.165, 1.54) is 12.1 Å². The van der Waals surface area contributed by atoms with Crippen LogP contribution < -0.4 is 4.90 Å². The highest BCUT2D eigenvalue weighted by Gasteiger charge is 2.32. The third-order valence-electron chi connectivity index (χ3n) is 6.16. The van der Waals surface area contributed by atoms with Gasteiger partial charge in [0.1, 0.15) is 0 Å². The molecule has 0 aliphatic carbocycles. The van der Waals surface area contributed by atoms with Crippen molar-refractivity contribution < 1.29 is 13.2 Å². The van der Waals surface area contributed by atoms with E-state index in [0.29, 0.717) is 24.3 Å². The van der Waals surface area contributed by atoms with Crippen molar-refractivity contribution in [1.29, 1.82) is 0 Å². The van der Waals surface area contributed by atoms with Gasteiger partial charge in [-0.1, -0.05) is 54.6 Å². The molecule has 1 fully saturated rings. The lowest BCUT2D eigenvalue weighted by atomic mass is 9.98. The summed E-state index contributed by atoms with van der Waals surface area (Å²) in [6.07, 6.45) is -4.39. The molecule has 0 spiro atoms. The molecule has 2 nitrogen and oxygen atoms in total. The molecule has 0 amide bonds. The van der Waals surface area contributed by atoms with Crippen molar-refractivity contribution in [1.82, 2.24) is 4.90 Å². The number of nitrogens with zero attached hydrogens (tertiary/aromatic N) is 2. The number of rotatable bonds is 3. The third-order valence-corrected chi connectivity index (χ3v) is 6.16. The van der Waals surface area contributed by atoms with Crippen LogP contribution in [0.2, 0.25) is 0 Å². The van der Waals surface area contributed by atoms with Gasteiger partial charge in [-0.2, -0.15) is 13.2 Å². The molecule has 0 radical (unpaired) electrons. The summed E-state index contributed by atoms with van der Waals surface area (Å²) in [6.45, 7) is 9.61. The first kappa shape index (κ1) is 22.4. The number of hydrogen-bond donors (Lipinski definition) is 0. The van der Waals surface area contributed by atoms with Crippen molar-refractivity contribution in [3.8, 4) is 22.3 Å². The number of alkyl halides is 3. The topological polar surface area (TPSA) is 6.48 Å². The summed E-state index contributed by atoms with van der Waals surface area (Å²) < 4.78 is 41.1. The smallest absolute Gasteiger partial charge is 0.369 e. The maximum absolute atomic E-state index is 13.7. The first-order valence-electron chi connectivity index (χ1n) is 11.0. The maximum Gasteiger partial charge on any atom is 0.416 e. The Morgan fingerprint density at radius 3 is 1.69 bits per heavy atom. The Hall–Kier alpha value is -2.79. The summed E-state index contributed by atoms with van der Waals surface area (Å²) >= 11 is 0. The Kier molecular flexibility index (Phi) is 6.04. The van der Waals surface area contributed by atoms with Crippen LogP contribution in [0.4, 0.5) is 18.9 Å². The maximum atomic E-state index is 13.7. The van der Waals surface area contributed by atoms with Crippen LogP contribution in [0.1, 0.15) is 26.3 Å². The van der Waals surface area contributed by atoms with E-state index in [-0.39, 0.29) is 5.54 Å². The quantitative estimate of drug-likeness (QED) is 0.436. The summed E-state index contributed by atoms with van der Waals surface area (Å²) in [4.78, 5) is 4.44. The summed E-state index contributed by atoms with van der Waals surface area (Å²) in [6, 6.07) is 22.1. The second kappa shape index (κ2) is 8.62. The van der Waals surface area contributed by atoms with Gasteiger partial charge in [0.2, 0.25) is 0 Å². The summed E-state index contributed by atoms with van der Waals surface area (Å²) in [5.41, 5.74) is 3.59. The lowest BCUT2D eigenvalue weighted by Crippen LogP contribution is -2.53. The molecule has 3 aromatic rings. The Morgan fingerprint density at radius 2 is 1.16 bits per heavy atom. The molecular formula is C27H29F3N2. The van der Waals surface area contributed by atoms with Crippen LogP contribution in [0.15, 0.2) is 72.8 Å². The minimum Gasteiger partial charge on any atom is -0.369 e. The van der Waals surface area contributed by atoms with Crippen molar-refractivity contribution in [2.24, 2.45) is 0 Å². The van der Waals surface area contributed by atoms with E-state index in [1.54, 1.807) is 0 Å². The van der Waals surface area contributed by atoms with Gasteiger partial charge in [-0.15, -0.1) is 0 Å². The monoisotopic (exact) mass is 438 g/mol. The number of anilines is 1. The number of benzene rings is 3. The largest absolute Gasteiger partial charge is 0.416 e. The lowest BCUT2D eigenvalue weighted by Gasteiger charge is -2.43. The molecule has 0 aromatic heterocycles. The summed E-state index contributed by atoms with van der Waals surface area (Å²) in [7, 11) is 0. The van der Waals surface area contributed by atoms with Gasteiger partial charge < -0.3 is 4.90 Å². The fraction of sp³-hybridized carbons (Fsp3) is 0.333. The second-order valence-electron chi connectivity index (χ2n) is 9.35. The van der Waals surface area contributed by atoms with E-state index in [0.717, 1.165) is 29.8 Å². The van der Waals surface area contributed by atoms with Gasteiger partial charge in [-0.25, -0.2) is 0 Å². The first-order valence-corrected chi connectivity index (χ1v) is 11.0. The SMILES string of the molecule is CC(C)(C)N1CCN(c2cc(-c3ccc(-c4ccccc4)cc3)cc(C(F)(F)F)c2)CC1. The van der Waals surface area contributed by atoms with Crippen molar-refractivity contribution in [3.05, 3.63) is 78.4 Å². The average molecular weight is 439 g/mol. The van der Waals surface area contributed by atoms with Gasteiger partial charge >= 0.3 is 6.18 Å². The van der Waals surface area contributed by atoms with Crippen LogP contribution >= 0.6 is 0 Å². The number of halogens is 3. The van der Waals surface area contributed by atoms with E-state index in [4.69, 9.17) is 0 Å². The summed E-state index contributed by atoms with van der Waals surface area (Å²) in [5.74, 6) is 0. The van der Waals surface area contributed by atoms with Gasteiger partial charge in [-0.05, 0) is 61.2 Å². The zero-order valence-electron chi connectivity index (χ0n) is 18.8. The highest BCUT2D eigenvalue weighted by Crippen LogP contribution is 2.37. The van der Waals surface area contributed by atoms with Crippen LogP contribution in [-0.2, 0) is 6.18 Å².